The number of rotatable bonds is 3. The number of nitro benzene ring substituents is 1. The molecule has 4 rings (SSSR count). The zero-order valence-corrected chi connectivity index (χ0v) is 14.6. The van der Waals surface area contributed by atoms with E-state index in [1.165, 1.54) is 24.3 Å². The van der Waals surface area contributed by atoms with Crippen LogP contribution < -0.4 is 0 Å². The maximum Gasteiger partial charge on any atom is 0.354 e. The van der Waals surface area contributed by atoms with Gasteiger partial charge in [0.2, 0.25) is 0 Å². The number of nitriles is 1. The molecule has 0 aliphatic rings. The zero-order chi connectivity index (χ0) is 20.0. The first-order chi connectivity index (χ1) is 13.4. The Morgan fingerprint density at radius 2 is 1.96 bits per heavy atom. The molecule has 2 aromatic heterocycles. The molecule has 4 aromatic rings. The molecule has 0 radical (unpaired) electrons. The van der Waals surface area contributed by atoms with Gasteiger partial charge in [-0.15, -0.1) is 0 Å². The number of non-ortho nitro benzene ring substituents is 1. The van der Waals surface area contributed by atoms with Crippen LogP contribution in [0.5, 0.6) is 0 Å². The van der Waals surface area contributed by atoms with Crippen molar-refractivity contribution in [2.24, 2.45) is 0 Å². The summed E-state index contributed by atoms with van der Waals surface area (Å²) in [6, 6.07) is 13.0. The molecule has 0 saturated heterocycles. The van der Waals surface area contributed by atoms with Crippen LogP contribution in [0.2, 0.25) is 0 Å². The van der Waals surface area contributed by atoms with Crippen molar-refractivity contribution in [3.8, 4) is 17.3 Å². The van der Waals surface area contributed by atoms with Gasteiger partial charge in [-0.1, -0.05) is 0 Å². The molecule has 2 N–H and O–H groups in total. The molecular weight excluding hydrogens is 360 g/mol. The molecule has 0 fully saturated rings. The van der Waals surface area contributed by atoms with Crippen LogP contribution in [0.25, 0.3) is 33.1 Å². The standard InChI is InChI=1S/C20H12N4O4/c1-10-16-14-8-11(9-21)2-7-15(14)22-19(16)18(23-17(10)20(25)26)12-3-5-13(6-4-12)24(27)28/h2-8,22H,1H3,(H,25,26). The van der Waals surface area contributed by atoms with E-state index < -0.39 is 10.9 Å². The summed E-state index contributed by atoms with van der Waals surface area (Å²) in [4.78, 5) is 29.7. The Labute approximate surface area is 157 Å². The molecule has 136 valence electrons. The lowest BCUT2D eigenvalue weighted by atomic mass is 10.0. The van der Waals surface area contributed by atoms with Crippen LogP contribution in [-0.4, -0.2) is 26.0 Å². The molecule has 0 amide bonds. The fourth-order valence-electron chi connectivity index (χ4n) is 3.36. The van der Waals surface area contributed by atoms with Crippen molar-refractivity contribution in [1.82, 2.24) is 9.97 Å². The van der Waals surface area contributed by atoms with Crippen molar-refractivity contribution in [2.75, 3.05) is 0 Å². The molecule has 28 heavy (non-hydrogen) atoms. The van der Waals surface area contributed by atoms with Gasteiger partial charge in [-0.3, -0.25) is 10.1 Å². The second-order valence-electron chi connectivity index (χ2n) is 6.29. The van der Waals surface area contributed by atoms with E-state index >= 15 is 0 Å². The number of aromatic carboxylic acids is 1. The molecule has 8 nitrogen and oxygen atoms in total. The second-order valence-corrected chi connectivity index (χ2v) is 6.29. The third-order valence-electron chi connectivity index (χ3n) is 4.67. The van der Waals surface area contributed by atoms with Crippen molar-refractivity contribution in [3.63, 3.8) is 0 Å². The topological polar surface area (TPSA) is 133 Å². The molecule has 0 atom stereocenters. The molecule has 0 bridgehead atoms. The average Bonchev–Trinajstić information content (AvgIpc) is 3.07. The van der Waals surface area contributed by atoms with E-state index in [0.717, 1.165) is 10.9 Å². The van der Waals surface area contributed by atoms with Gasteiger partial charge in [0, 0.05) is 34.0 Å². The number of H-pyrrole nitrogens is 1. The number of nitrogens with zero attached hydrogens (tertiary/aromatic N) is 3. The van der Waals surface area contributed by atoms with Crippen molar-refractivity contribution in [3.05, 3.63) is 69.4 Å². The maximum atomic E-state index is 11.8. The number of hydrogen-bond donors (Lipinski definition) is 2. The number of pyridine rings is 1. The van der Waals surface area contributed by atoms with Crippen LogP contribution in [0.3, 0.4) is 0 Å². The fourth-order valence-corrected chi connectivity index (χ4v) is 3.36. The van der Waals surface area contributed by atoms with E-state index in [4.69, 9.17) is 0 Å². The van der Waals surface area contributed by atoms with Gasteiger partial charge >= 0.3 is 5.97 Å². The Kier molecular flexibility index (Phi) is 3.79. The van der Waals surface area contributed by atoms with Gasteiger partial charge in [0.1, 0.15) is 0 Å². The first kappa shape index (κ1) is 17.2. The molecule has 0 aliphatic heterocycles. The fraction of sp³-hybridized carbons (Fsp3) is 0.0500. The lowest BCUT2D eigenvalue weighted by Crippen LogP contribution is -2.05. The van der Waals surface area contributed by atoms with E-state index in [1.54, 1.807) is 25.1 Å². The van der Waals surface area contributed by atoms with Crippen molar-refractivity contribution in [1.29, 1.82) is 5.26 Å². The molecule has 2 heterocycles. The van der Waals surface area contributed by atoms with Crippen LogP contribution in [-0.2, 0) is 0 Å². The first-order valence-corrected chi connectivity index (χ1v) is 8.25. The Morgan fingerprint density at radius 3 is 2.57 bits per heavy atom. The third kappa shape index (κ3) is 2.54. The SMILES string of the molecule is Cc1c(C(=O)O)nc(-c2ccc([N+](=O)[O-])cc2)c2[nH]c3ccc(C#N)cc3c12. The largest absolute Gasteiger partial charge is 0.477 e. The van der Waals surface area contributed by atoms with Crippen molar-refractivity contribution < 1.29 is 14.8 Å². The summed E-state index contributed by atoms with van der Waals surface area (Å²) < 4.78 is 0. The minimum atomic E-state index is -1.17. The van der Waals surface area contributed by atoms with Gasteiger partial charge in [0.15, 0.2) is 5.69 Å². The van der Waals surface area contributed by atoms with Gasteiger partial charge in [-0.05, 0) is 42.8 Å². The van der Waals surface area contributed by atoms with Crippen LogP contribution in [0, 0.1) is 28.4 Å². The van der Waals surface area contributed by atoms with Gasteiger partial charge < -0.3 is 10.1 Å². The molecule has 0 spiro atoms. The summed E-state index contributed by atoms with van der Waals surface area (Å²) in [5.74, 6) is -1.17. The molecule has 0 saturated carbocycles. The van der Waals surface area contributed by atoms with Crippen molar-refractivity contribution in [2.45, 2.75) is 6.92 Å². The highest BCUT2D eigenvalue weighted by Gasteiger charge is 2.21. The minimum Gasteiger partial charge on any atom is -0.477 e. The van der Waals surface area contributed by atoms with Gasteiger partial charge in [0.25, 0.3) is 5.69 Å². The number of aromatic amines is 1. The lowest BCUT2D eigenvalue weighted by molar-refractivity contribution is -0.384. The number of carboxylic acids is 1. The Morgan fingerprint density at radius 1 is 1.25 bits per heavy atom. The smallest absolute Gasteiger partial charge is 0.354 e. The highest BCUT2D eigenvalue weighted by atomic mass is 16.6. The summed E-state index contributed by atoms with van der Waals surface area (Å²) in [5.41, 5.74) is 3.04. The van der Waals surface area contributed by atoms with Gasteiger partial charge in [-0.25, -0.2) is 9.78 Å². The number of hydrogen-bond acceptors (Lipinski definition) is 5. The van der Waals surface area contributed by atoms with E-state index in [-0.39, 0.29) is 11.4 Å². The van der Waals surface area contributed by atoms with Crippen molar-refractivity contribution >= 4 is 33.5 Å². The number of nitro groups is 1. The highest BCUT2D eigenvalue weighted by molar-refractivity contribution is 6.15. The van der Waals surface area contributed by atoms with Crippen LogP contribution in [0.15, 0.2) is 42.5 Å². The van der Waals surface area contributed by atoms with Crippen LogP contribution in [0.1, 0.15) is 21.6 Å². The Balaban J connectivity index is 2.11. The third-order valence-corrected chi connectivity index (χ3v) is 4.67. The average molecular weight is 372 g/mol. The number of benzene rings is 2. The van der Waals surface area contributed by atoms with E-state index in [1.807, 2.05) is 0 Å². The van der Waals surface area contributed by atoms with Gasteiger partial charge in [0.05, 0.1) is 27.8 Å². The maximum absolute atomic E-state index is 11.8. The number of aryl methyl sites for hydroxylation is 1. The number of carbonyl (C=O) groups is 1. The van der Waals surface area contributed by atoms with Gasteiger partial charge in [-0.2, -0.15) is 5.26 Å². The van der Waals surface area contributed by atoms with Crippen LogP contribution in [0.4, 0.5) is 5.69 Å². The zero-order valence-electron chi connectivity index (χ0n) is 14.6. The quantitative estimate of drug-likeness (QED) is 0.409. The minimum absolute atomic E-state index is 0.0686. The molecule has 0 aliphatic carbocycles. The number of carboxylic acid groups (broad SMARTS) is 1. The monoisotopic (exact) mass is 372 g/mol. The van der Waals surface area contributed by atoms with E-state index in [9.17, 15) is 25.3 Å². The first-order valence-electron chi connectivity index (χ1n) is 8.25. The lowest BCUT2D eigenvalue weighted by Gasteiger charge is -2.08. The summed E-state index contributed by atoms with van der Waals surface area (Å²) in [7, 11) is 0. The van der Waals surface area contributed by atoms with E-state index in [2.05, 4.69) is 16.0 Å². The molecule has 8 heteroatoms. The van der Waals surface area contributed by atoms with Crippen LogP contribution >= 0.6 is 0 Å². The normalized spacial score (nSPS) is 10.9. The Bertz CT molecular complexity index is 1330. The molecule has 0 unspecified atom stereocenters. The number of aromatic nitrogens is 2. The van der Waals surface area contributed by atoms with E-state index in [0.29, 0.717) is 33.3 Å². The number of nitrogens with one attached hydrogen (secondary N) is 1. The summed E-state index contributed by atoms with van der Waals surface area (Å²) >= 11 is 0. The summed E-state index contributed by atoms with van der Waals surface area (Å²) in [6.07, 6.45) is 0. The Hall–Kier alpha value is -4.25. The molecular formula is C20H12N4O4. The molecule has 2 aromatic carbocycles. The highest BCUT2D eigenvalue weighted by Crippen LogP contribution is 2.36. The predicted octanol–water partition coefficient (Wildman–Crippen LogP) is 4.17. The summed E-state index contributed by atoms with van der Waals surface area (Å²) in [6.45, 7) is 1.67. The summed E-state index contributed by atoms with van der Waals surface area (Å²) in [5, 5.41) is 31.1. The second kappa shape index (κ2) is 6.17. The predicted molar refractivity (Wildman–Crippen MR) is 102 cm³/mol. The number of fused-ring (bicyclic) bond motifs is 3.